The molecular weight excluding hydrogens is 555 g/mol. The quantitative estimate of drug-likeness (QED) is 0.263. The van der Waals surface area contributed by atoms with Crippen LogP contribution < -0.4 is 5.69 Å². The van der Waals surface area contributed by atoms with Gasteiger partial charge >= 0.3 is 5.69 Å². The number of benzene rings is 3. The highest BCUT2D eigenvalue weighted by Crippen LogP contribution is 2.36. The molecule has 2 saturated heterocycles. The second kappa shape index (κ2) is 12.1. The average molecular weight is 591 g/mol. The molecule has 0 spiro atoms. The van der Waals surface area contributed by atoms with Crippen LogP contribution in [0.5, 0.6) is 0 Å². The molecule has 2 fully saturated rings. The lowest BCUT2D eigenvalue weighted by atomic mass is 9.84. The van der Waals surface area contributed by atoms with Crippen LogP contribution in [-0.2, 0) is 5.60 Å². The highest BCUT2D eigenvalue weighted by molar-refractivity contribution is 6.30. The van der Waals surface area contributed by atoms with Gasteiger partial charge in [-0.15, -0.1) is 0 Å². The smallest absolute Gasteiger partial charge is 0.326 e. The number of hydrogen-bond acceptors (Lipinski definition) is 5. The van der Waals surface area contributed by atoms with Crippen molar-refractivity contribution < 1.29 is 14.3 Å². The number of nitrogens with zero attached hydrogens (tertiary/aromatic N) is 3. The van der Waals surface area contributed by atoms with Gasteiger partial charge in [0.25, 0.3) is 0 Å². The minimum atomic E-state index is -1.65. The van der Waals surface area contributed by atoms with Crippen LogP contribution in [0.15, 0.2) is 83.7 Å². The largest absolute Gasteiger partial charge is 0.385 e. The molecule has 6 rings (SSSR count). The van der Waals surface area contributed by atoms with Crippen molar-refractivity contribution >= 4 is 28.4 Å². The molecular formula is C33H36ClFN4O3. The van der Waals surface area contributed by atoms with E-state index in [0.717, 1.165) is 29.4 Å². The molecule has 2 aliphatic heterocycles. The summed E-state index contributed by atoms with van der Waals surface area (Å²) < 4.78 is 17.6. The van der Waals surface area contributed by atoms with E-state index in [1.165, 1.54) is 0 Å². The molecule has 9 heteroatoms. The van der Waals surface area contributed by atoms with Crippen molar-refractivity contribution in [2.45, 2.75) is 56.1 Å². The first kappa shape index (κ1) is 28.8. The molecule has 3 heterocycles. The number of carbonyl (C=O) groups is 1. The Morgan fingerprint density at radius 3 is 2.24 bits per heavy atom. The molecule has 0 amide bonds. The van der Waals surface area contributed by atoms with Gasteiger partial charge in [0.2, 0.25) is 0 Å². The highest BCUT2D eigenvalue weighted by Gasteiger charge is 2.40. The maximum absolute atomic E-state index is 15.7. The molecule has 0 aliphatic carbocycles. The van der Waals surface area contributed by atoms with Gasteiger partial charge in [-0.1, -0.05) is 66.2 Å². The van der Waals surface area contributed by atoms with Crippen molar-refractivity contribution in [3.05, 3.63) is 105 Å². The summed E-state index contributed by atoms with van der Waals surface area (Å²) >= 11 is 6.07. The Morgan fingerprint density at radius 2 is 1.55 bits per heavy atom. The molecule has 0 saturated carbocycles. The standard InChI is InChI=1S/C33H36ClFN4O3/c34-25-12-10-24(11-13-25)33(42)16-20-38(21-17-33)30(22-27(35)31(40)23-6-2-1-3-7-23)37-18-14-26(15-19-37)39-29-9-5-4-8-28(29)36-32(39)41/h1-13,26-27,30,42H,14-22H2,(H,36,41). The first-order chi connectivity index (χ1) is 20.3. The molecule has 0 radical (unpaired) electrons. The molecule has 4 aromatic rings. The van der Waals surface area contributed by atoms with Crippen LogP contribution in [0.3, 0.4) is 0 Å². The van der Waals surface area contributed by atoms with E-state index in [-0.39, 0.29) is 24.3 Å². The van der Waals surface area contributed by atoms with Gasteiger partial charge in [-0.3, -0.25) is 19.2 Å². The number of halogens is 2. The Labute approximate surface area is 249 Å². The summed E-state index contributed by atoms with van der Waals surface area (Å²) in [6.07, 6.45) is 0.567. The van der Waals surface area contributed by atoms with E-state index in [0.29, 0.717) is 49.6 Å². The Kier molecular flexibility index (Phi) is 8.32. The lowest BCUT2D eigenvalue weighted by molar-refractivity contribution is -0.0708. The van der Waals surface area contributed by atoms with Crippen LogP contribution in [-0.4, -0.2) is 68.8 Å². The van der Waals surface area contributed by atoms with Crippen LogP contribution >= 0.6 is 11.6 Å². The predicted molar refractivity (Wildman–Crippen MR) is 163 cm³/mol. The maximum Gasteiger partial charge on any atom is 0.326 e. The van der Waals surface area contributed by atoms with E-state index in [9.17, 15) is 14.7 Å². The molecule has 3 aromatic carbocycles. The number of aromatic amines is 1. The lowest BCUT2D eigenvalue weighted by Crippen LogP contribution is -2.56. The number of aliphatic hydroxyl groups is 1. The van der Waals surface area contributed by atoms with Crippen molar-refractivity contribution in [1.29, 1.82) is 0 Å². The number of ketones is 1. The number of nitrogens with one attached hydrogen (secondary N) is 1. The number of imidazole rings is 1. The fourth-order valence-corrected chi connectivity index (χ4v) is 6.85. The number of para-hydroxylation sites is 2. The number of Topliss-reactive ketones (excluding diaryl/α,β-unsaturated/α-hetero) is 1. The molecule has 2 N–H and O–H groups in total. The van der Waals surface area contributed by atoms with Crippen molar-refractivity contribution in [2.24, 2.45) is 0 Å². The number of H-pyrrole nitrogens is 1. The molecule has 7 nitrogen and oxygen atoms in total. The predicted octanol–water partition coefficient (Wildman–Crippen LogP) is 5.54. The van der Waals surface area contributed by atoms with Crippen LogP contribution in [0.4, 0.5) is 4.39 Å². The molecule has 2 atom stereocenters. The van der Waals surface area contributed by atoms with E-state index in [2.05, 4.69) is 14.8 Å². The van der Waals surface area contributed by atoms with Crippen LogP contribution in [0.1, 0.15) is 54.1 Å². The number of hydrogen-bond donors (Lipinski definition) is 2. The Balaban J connectivity index is 1.19. The number of piperidine rings is 2. The van der Waals surface area contributed by atoms with Crippen molar-refractivity contribution in [1.82, 2.24) is 19.4 Å². The van der Waals surface area contributed by atoms with E-state index in [1.54, 1.807) is 36.4 Å². The summed E-state index contributed by atoms with van der Waals surface area (Å²) in [5.74, 6) is -0.504. The fraction of sp³-hybridized carbons (Fsp3) is 0.394. The van der Waals surface area contributed by atoms with Gasteiger partial charge in [0.1, 0.15) is 0 Å². The molecule has 2 aliphatic rings. The third kappa shape index (κ3) is 5.81. The van der Waals surface area contributed by atoms with Gasteiger partial charge in [0.05, 0.1) is 22.8 Å². The van der Waals surface area contributed by atoms with Crippen LogP contribution in [0.25, 0.3) is 11.0 Å². The summed E-state index contributed by atoms with van der Waals surface area (Å²) in [4.78, 5) is 33.3. The number of carbonyl (C=O) groups excluding carboxylic acids is 1. The summed E-state index contributed by atoms with van der Waals surface area (Å²) in [6.45, 7) is 2.48. The van der Waals surface area contributed by atoms with Gasteiger partial charge in [-0.25, -0.2) is 9.18 Å². The topological polar surface area (TPSA) is 81.6 Å². The summed E-state index contributed by atoms with van der Waals surface area (Å²) in [5, 5.41) is 12.1. The zero-order valence-corrected chi connectivity index (χ0v) is 24.2. The Hall–Kier alpha value is -3.30. The first-order valence-corrected chi connectivity index (χ1v) is 15.1. The fourth-order valence-electron chi connectivity index (χ4n) is 6.72. The summed E-state index contributed by atoms with van der Waals surface area (Å²) in [6, 6.07) is 23.7. The Morgan fingerprint density at radius 1 is 0.929 bits per heavy atom. The number of fused-ring (bicyclic) bond motifs is 1. The maximum atomic E-state index is 15.7. The third-order valence-corrected chi connectivity index (χ3v) is 9.35. The molecule has 42 heavy (non-hydrogen) atoms. The zero-order chi connectivity index (χ0) is 29.3. The second-order valence-corrected chi connectivity index (χ2v) is 12.0. The molecule has 2 unspecified atom stereocenters. The number of likely N-dealkylation sites (tertiary alicyclic amines) is 2. The normalized spacial score (nSPS) is 20.0. The first-order valence-electron chi connectivity index (χ1n) is 14.7. The number of aromatic nitrogens is 2. The zero-order valence-electron chi connectivity index (χ0n) is 23.5. The second-order valence-electron chi connectivity index (χ2n) is 11.6. The average Bonchev–Trinajstić information content (AvgIpc) is 3.36. The molecule has 0 bridgehead atoms. The number of rotatable bonds is 8. The van der Waals surface area contributed by atoms with Gasteiger partial charge in [0, 0.05) is 49.2 Å². The van der Waals surface area contributed by atoms with E-state index in [1.807, 2.05) is 47.0 Å². The molecule has 220 valence electrons. The van der Waals surface area contributed by atoms with Crippen molar-refractivity contribution in [2.75, 3.05) is 26.2 Å². The monoisotopic (exact) mass is 590 g/mol. The summed E-state index contributed by atoms with van der Waals surface area (Å²) in [5.41, 5.74) is 1.83. The number of alkyl halides is 1. The van der Waals surface area contributed by atoms with Crippen LogP contribution in [0.2, 0.25) is 5.02 Å². The van der Waals surface area contributed by atoms with Gasteiger partial charge in [-0.2, -0.15) is 0 Å². The van der Waals surface area contributed by atoms with Gasteiger partial charge in [0.15, 0.2) is 12.0 Å². The molecule has 1 aromatic heterocycles. The third-order valence-electron chi connectivity index (χ3n) is 9.10. The van der Waals surface area contributed by atoms with Gasteiger partial charge < -0.3 is 10.1 Å². The van der Waals surface area contributed by atoms with Crippen molar-refractivity contribution in [3.63, 3.8) is 0 Å². The van der Waals surface area contributed by atoms with E-state index >= 15 is 4.39 Å². The van der Waals surface area contributed by atoms with E-state index in [4.69, 9.17) is 11.6 Å². The van der Waals surface area contributed by atoms with Crippen LogP contribution in [0, 0.1) is 0 Å². The minimum absolute atomic E-state index is 0.0361. The van der Waals surface area contributed by atoms with E-state index < -0.39 is 17.6 Å². The SMILES string of the molecule is O=C(c1ccccc1)C(F)CC(N1CCC(n2c(=O)[nH]c3ccccc32)CC1)N1CCC(O)(c2ccc(Cl)cc2)CC1. The lowest BCUT2D eigenvalue weighted by Gasteiger charge is -2.47. The minimum Gasteiger partial charge on any atom is -0.385 e. The van der Waals surface area contributed by atoms with Crippen molar-refractivity contribution in [3.8, 4) is 0 Å². The highest BCUT2D eigenvalue weighted by atomic mass is 35.5. The Bertz CT molecular complexity index is 1570. The van der Waals surface area contributed by atoms with Gasteiger partial charge in [-0.05, 0) is 55.5 Å². The summed E-state index contributed by atoms with van der Waals surface area (Å²) in [7, 11) is 0.